The lowest BCUT2D eigenvalue weighted by molar-refractivity contribution is -0.104. The van der Waals surface area contributed by atoms with Gasteiger partial charge in [0.2, 0.25) is 0 Å². The highest BCUT2D eigenvalue weighted by molar-refractivity contribution is 5.69. The normalized spacial score (nSPS) is 26.2. The smallest absolute Gasteiger partial charge is 0.337 e. The minimum Gasteiger partial charge on any atom is -0.394 e. The molecule has 20 heavy (non-hydrogen) atoms. The van der Waals surface area contributed by atoms with E-state index in [0.29, 0.717) is 6.29 Å². The zero-order chi connectivity index (χ0) is 14.7. The van der Waals surface area contributed by atoms with Gasteiger partial charge in [-0.1, -0.05) is 0 Å². The molecule has 0 bridgehead atoms. The summed E-state index contributed by atoms with van der Waals surface area (Å²) < 4.78 is 7.24. The van der Waals surface area contributed by atoms with Crippen molar-refractivity contribution in [2.24, 2.45) is 0 Å². The van der Waals surface area contributed by atoms with E-state index in [2.05, 4.69) is 0 Å². The van der Waals surface area contributed by atoms with Crippen LogP contribution in [-0.2, 0) is 9.53 Å². The highest BCUT2D eigenvalue weighted by Gasteiger charge is 2.35. The van der Waals surface area contributed by atoms with E-state index in [1.807, 2.05) is 0 Å². The van der Waals surface area contributed by atoms with Crippen molar-refractivity contribution < 1.29 is 19.7 Å². The highest BCUT2D eigenvalue weighted by atomic mass is 16.5. The molecule has 2 heterocycles. The number of allylic oxidation sites excluding steroid dienone is 1. The lowest BCUT2D eigenvalue weighted by Gasteiger charge is -2.15. The lowest BCUT2D eigenvalue weighted by atomic mass is 10.2. The van der Waals surface area contributed by atoms with Crippen LogP contribution in [0.1, 0.15) is 12.6 Å². The molecule has 0 aromatic carbocycles. The Bertz CT molecular complexity index is 632. The predicted molar refractivity (Wildman–Crippen MR) is 68.0 cm³/mol. The molecule has 1 aromatic rings. The topological polar surface area (TPSA) is 111 Å². The van der Waals surface area contributed by atoms with Crippen LogP contribution in [0.2, 0.25) is 0 Å². The first-order chi connectivity index (χ1) is 9.58. The van der Waals surface area contributed by atoms with Gasteiger partial charge in [-0.2, -0.15) is 0 Å². The number of hydrogen-bond acceptors (Lipinski definition) is 6. The molecule has 0 spiro atoms. The van der Waals surface area contributed by atoms with Crippen molar-refractivity contribution >= 4 is 12.5 Å². The van der Waals surface area contributed by atoms with Crippen LogP contribution in [0.15, 0.2) is 27.9 Å². The molecule has 0 amide bonds. The molecule has 1 fully saturated rings. The van der Waals surface area contributed by atoms with E-state index >= 15 is 0 Å². The lowest BCUT2D eigenvalue weighted by Crippen LogP contribution is -2.38. The Labute approximate surface area is 113 Å². The summed E-state index contributed by atoms with van der Waals surface area (Å²) in [5, 5.41) is 18.7. The highest BCUT2D eigenvalue weighted by Crippen LogP contribution is 2.26. The maximum Gasteiger partial charge on any atom is 0.337 e. The molecule has 0 unspecified atom stereocenters. The Morgan fingerprint density at radius 2 is 2.20 bits per heavy atom. The average Bonchev–Trinajstić information content (AvgIpc) is 2.79. The summed E-state index contributed by atoms with van der Waals surface area (Å²) in [6, 6.07) is 1.15. The van der Waals surface area contributed by atoms with Crippen molar-refractivity contribution in [3.05, 3.63) is 39.2 Å². The van der Waals surface area contributed by atoms with Crippen LogP contribution in [0, 0.1) is 0 Å². The fourth-order valence-corrected chi connectivity index (χ4v) is 2.03. The van der Waals surface area contributed by atoms with E-state index in [-0.39, 0.29) is 13.0 Å². The van der Waals surface area contributed by atoms with Crippen LogP contribution in [0.4, 0.5) is 0 Å². The van der Waals surface area contributed by atoms with Crippen LogP contribution in [0.5, 0.6) is 0 Å². The van der Waals surface area contributed by atoms with Crippen LogP contribution >= 0.6 is 0 Å². The van der Waals surface area contributed by atoms with E-state index in [1.54, 1.807) is 0 Å². The number of hydrogen-bond donors (Lipinski definition) is 2. The van der Waals surface area contributed by atoms with Crippen LogP contribution in [0.25, 0.3) is 6.20 Å². The third-order valence-electron chi connectivity index (χ3n) is 3.05. The Morgan fingerprint density at radius 3 is 2.80 bits per heavy atom. The van der Waals surface area contributed by atoms with Gasteiger partial charge < -0.3 is 14.9 Å². The SMILES string of the molecule is O=C/C=C/n1c(=O)ccn([C@H]2C[C@H](O)[C@@H](CO)O2)c1=O. The number of aldehydes is 1. The molecule has 2 rings (SSSR count). The van der Waals surface area contributed by atoms with Gasteiger partial charge in [0, 0.05) is 24.9 Å². The van der Waals surface area contributed by atoms with Gasteiger partial charge in [-0.3, -0.25) is 14.2 Å². The van der Waals surface area contributed by atoms with Gasteiger partial charge in [-0.25, -0.2) is 9.36 Å². The van der Waals surface area contributed by atoms with Gasteiger partial charge >= 0.3 is 5.69 Å². The second-order valence-corrected chi connectivity index (χ2v) is 4.31. The third-order valence-corrected chi connectivity index (χ3v) is 3.05. The number of carbonyl (C=O) groups excluding carboxylic acids is 1. The summed E-state index contributed by atoms with van der Waals surface area (Å²) in [5.41, 5.74) is -1.27. The first-order valence-corrected chi connectivity index (χ1v) is 5.98. The first-order valence-electron chi connectivity index (χ1n) is 5.98. The minimum absolute atomic E-state index is 0.126. The summed E-state index contributed by atoms with van der Waals surface area (Å²) in [6.07, 6.45) is 1.48. The maximum atomic E-state index is 12.1. The maximum absolute atomic E-state index is 12.1. The van der Waals surface area contributed by atoms with Crippen molar-refractivity contribution in [3.8, 4) is 0 Å². The van der Waals surface area contributed by atoms with Gasteiger partial charge in [0.05, 0.1) is 12.7 Å². The summed E-state index contributed by atoms with van der Waals surface area (Å²) in [7, 11) is 0. The van der Waals surface area contributed by atoms with E-state index in [1.165, 1.54) is 6.20 Å². The second kappa shape index (κ2) is 5.95. The van der Waals surface area contributed by atoms with Gasteiger partial charge in [0.15, 0.2) is 0 Å². The fourth-order valence-electron chi connectivity index (χ4n) is 2.03. The molecule has 2 N–H and O–H groups in total. The Hall–Kier alpha value is -2.03. The van der Waals surface area contributed by atoms with Crippen LogP contribution in [0.3, 0.4) is 0 Å². The van der Waals surface area contributed by atoms with Gasteiger partial charge in [-0.05, 0) is 6.08 Å². The summed E-state index contributed by atoms with van der Waals surface area (Å²) in [6.45, 7) is -0.364. The molecule has 1 aromatic heterocycles. The van der Waals surface area contributed by atoms with E-state index in [0.717, 1.165) is 27.5 Å². The number of nitrogens with zero attached hydrogens (tertiary/aromatic N) is 2. The second-order valence-electron chi connectivity index (χ2n) is 4.31. The summed E-state index contributed by atoms with van der Waals surface area (Å²) in [5.74, 6) is 0. The van der Waals surface area contributed by atoms with Crippen molar-refractivity contribution in [2.75, 3.05) is 6.61 Å². The van der Waals surface area contributed by atoms with Gasteiger partial charge in [0.25, 0.3) is 5.56 Å². The largest absolute Gasteiger partial charge is 0.394 e. The predicted octanol–water partition coefficient (Wildman–Crippen LogP) is -1.68. The quantitative estimate of drug-likeness (QED) is 0.504. The molecule has 3 atom stereocenters. The number of rotatable bonds is 4. The number of carbonyl (C=O) groups is 1. The van der Waals surface area contributed by atoms with E-state index in [9.17, 15) is 19.5 Å². The molecule has 1 aliphatic rings. The molecule has 8 nitrogen and oxygen atoms in total. The van der Waals surface area contributed by atoms with E-state index in [4.69, 9.17) is 9.84 Å². The molecule has 1 aliphatic heterocycles. The molecular weight excluding hydrogens is 268 g/mol. The van der Waals surface area contributed by atoms with Gasteiger partial charge in [0.1, 0.15) is 18.6 Å². The summed E-state index contributed by atoms with van der Waals surface area (Å²) in [4.78, 5) is 33.9. The third kappa shape index (κ3) is 2.62. The fraction of sp³-hybridized carbons (Fsp3) is 0.417. The Balaban J connectivity index is 2.39. The number of aliphatic hydroxyl groups is 2. The van der Waals surface area contributed by atoms with E-state index < -0.39 is 29.7 Å². The van der Waals surface area contributed by atoms with Crippen molar-refractivity contribution in [3.63, 3.8) is 0 Å². The molecule has 8 heteroatoms. The molecular formula is C12H14N2O6. The zero-order valence-electron chi connectivity index (χ0n) is 10.5. The minimum atomic E-state index is -0.886. The Morgan fingerprint density at radius 1 is 1.45 bits per heavy atom. The monoisotopic (exact) mass is 282 g/mol. The number of aliphatic hydroxyl groups excluding tert-OH is 2. The van der Waals surface area contributed by atoms with Crippen molar-refractivity contribution in [2.45, 2.75) is 24.9 Å². The standard InChI is InChI=1S/C12H14N2O6/c15-5-1-3-13-10(18)2-4-14(12(13)19)11-6-8(17)9(7-16)20-11/h1-5,8-9,11,16-17H,6-7H2/b3-1+/t8-,9+,11+/m0/s1. The Kier molecular flexibility index (Phi) is 4.28. The van der Waals surface area contributed by atoms with Crippen molar-refractivity contribution in [1.29, 1.82) is 0 Å². The molecule has 0 saturated carbocycles. The zero-order valence-corrected chi connectivity index (χ0v) is 10.5. The van der Waals surface area contributed by atoms with Crippen molar-refractivity contribution in [1.82, 2.24) is 9.13 Å². The molecule has 108 valence electrons. The van der Waals surface area contributed by atoms with Gasteiger partial charge in [-0.15, -0.1) is 0 Å². The molecule has 0 radical (unpaired) electrons. The van der Waals surface area contributed by atoms with Crippen LogP contribution < -0.4 is 11.2 Å². The average molecular weight is 282 g/mol. The summed E-state index contributed by atoms with van der Waals surface area (Å²) >= 11 is 0. The number of aromatic nitrogens is 2. The number of ether oxygens (including phenoxy) is 1. The van der Waals surface area contributed by atoms with Crippen LogP contribution in [-0.4, -0.2) is 44.4 Å². The molecule has 0 aliphatic carbocycles. The molecule has 1 saturated heterocycles. The first kappa shape index (κ1) is 14.4.